The van der Waals surface area contributed by atoms with Crippen LogP contribution < -0.4 is 0 Å². The van der Waals surface area contributed by atoms with Crippen molar-refractivity contribution < 1.29 is 5.11 Å². The number of allylic oxidation sites excluding steroid dienone is 6. The number of rotatable bonds is 0. The highest BCUT2D eigenvalue weighted by atomic mass is 16.3. The Hall–Kier alpha value is -1.08. The smallest absolute Gasteiger partial charge is 0.0972 e. The first kappa shape index (κ1) is 10.1. The zero-order valence-corrected chi connectivity index (χ0v) is 9.58. The van der Waals surface area contributed by atoms with E-state index in [-0.39, 0.29) is 6.10 Å². The summed E-state index contributed by atoms with van der Waals surface area (Å²) in [6.45, 7) is 0. The third-order valence-electron chi connectivity index (χ3n) is 3.95. The van der Waals surface area contributed by atoms with Gasteiger partial charge in [0.1, 0.15) is 0 Å². The van der Waals surface area contributed by atoms with Gasteiger partial charge in [-0.3, -0.25) is 0 Å². The summed E-state index contributed by atoms with van der Waals surface area (Å²) >= 11 is 0. The number of hydrogen-bond acceptors (Lipinski definition) is 1. The van der Waals surface area contributed by atoms with Gasteiger partial charge in [0.05, 0.1) is 6.10 Å². The minimum Gasteiger partial charge on any atom is -0.384 e. The van der Waals surface area contributed by atoms with E-state index in [2.05, 4.69) is 24.3 Å². The van der Waals surface area contributed by atoms with Gasteiger partial charge in [-0.25, -0.2) is 0 Å². The maximum atomic E-state index is 10.4. The van der Waals surface area contributed by atoms with E-state index in [0.717, 1.165) is 38.5 Å². The molecule has 0 amide bonds. The van der Waals surface area contributed by atoms with Gasteiger partial charge in [-0.2, -0.15) is 0 Å². The molecule has 0 saturated heterocycles. The topological polar surface area (TPSA) is 20.2 Å². The van der Waals surface area contributed by atoms with Gasteiger partial charge in [-0.05, 0) is 60.8 Å². The molecule has 84 valence electrons. The second kappa shape index (κ2) is 4.06. The van der Waals surface area contributed by atoms with Crippen molar-refractivity contribution in [2.75, 3.05) is 0 Å². The fourth-order valence-corrected chi connectivity index (χ4v) is 3.06. The van der Waals surface area contributed by atoms with E-state index >= 15 is 0 Å². The molecule has 1 heteroatoms. The molecule has 0 aromatic carbocycles. The van der Waals surface area contributed by atoms with Crippen LogP contribution in [-0.4, -0.2) is 11.2 Å². The fraction of sp³-hybridized carbons (Fsp3) is 0.467. The molecule has 3 aliphatic rings. The van der Waals surface area contributed by atoms with Crippen molar-refractivity contribution in [3.63, 3.8) is 0 Å². The van der Waals surface area contributed by atoms with Gasteiger partial charge in [0.25, 0.3) is 0 Å². The summed E-state index contributed by atoms with van der Waals surface area (Å²) in [5.74, 6) is 0. The molecule has 0 aromatic rings. The number of aliphatic hydroxyl groups is 1. The zero-order valence-electron chi connectivity index (χ0n) is 9.58. The van der Waals surface area contributed by atoms with Gasteiger partial charge >= 0.3 is 0 Å². The van der Waals surface area contributed by atoms with Gasteiger partial charge in [-0.1, -0.05) is 24.3 Å². The second-order valence-electron chi connectivity index (χ2n) is 4.89. The highest BCUT2D eigenvalue weighted by Crippen LogP contribution is 2.39. The highest BCUT2D eigenvalue weighted by molar-refractivity contribution is 5.45. The maximum absolute atomic E-state index is 10.4. The van der Waals surface area contributed by atoms with Crippen LogP contribution in [0.2, 0.25) is 0 Å². The van der Waals surface area contributed by atoms with Crippen LogP contribution in [0.5, 0.6) is 0 Å². The Kier molecular flexibility index (Phi) is 2.56. The van der Waals surface area contributed by atoms with Gasteiger partial charge in [-0.15, -0.1) is 0 Å². The molecule has 0 radical (unpaired) electrons. The summed E-state index contributed by atoms with van der Waals surface area (Å²) in [5.41, 5.74) is 5.36. The van der Waals surface area contributed by atoms with E-state index in [0.29, 0.717) is 0 Å². The molecular weight excluding hydrogens is 196 g/mol. The molecule has 1 fully saturated rings. The molecule has 1 saturated carbocycles. The second-order valence-corrected chi connectivity index (χ2v) is 4.89. The molecule has 0 aromatic heterocycles. The molecule has 1 N–H and O–H groups in total. The summed E-state index contributed by atoms with van der Waals surface area (Å²) < 4.78 is 0. The van der Waals surface area contributed by atoms with Crippen LogP contribution in [-0.2, 0) is 0 Å². The van der Waals surface area contributed by atoms with E-state index in [1.54, 1.807) is 0 Å². The first-order chi connectivity index (χ1) is 7.86. The first-order valence-corrected chi connectivity index (χ1v) is 6.31. The van der Waals surface area contributed by atoms with Crippen LogP contribution in [0.3, 0.4) is 0 Å². The standard InChI is InChI=1S/C15H18O/c16-15-13(11-5-1-2-6-11)9-10-14(15)12-7-3-4-8-12/h1,3,5,7,15-16H,2,4,6,8-10H2. The molecule has 3 rings (SSSR count). The lowest BCUT2D eigenvalue weighted by Crippen LogP contribution is -2.08. The first-order valence-electron chi connectivity index (χ1n) is 6.31. The van der Waals surface area contributed by atoms with E-state index in [1.807, 2.05) is 0 Å². The van der Waals surface area contributed by atoms with Crippen LogP contribution in [0.15, 0.2) is 46.6 Å². The molecule has 1 nitrogen and oxygen atoms in total. The Balaban J connectivity index is 1.93. The summed E-state index contributed by atoms with van der Waals surface area (Å²) in [4.78, 5) is 0. The van der Waals surface area contributed by atoms with Crippen molar-refractivity contribution in [1.29, 1.82) is 0 Å². The van der Waals surface area contributed by atoms with Gasteiger partial charge in [0, 0.05) is 0 Å². The largest absolute Gasteiger partial charge is 0.384 e. The average molecular weight is 214 g/mol. The molecule has 0 heterocycles. The SMILES string of the molecule is OC1C(=C2C=CCC2)CCC1=C1C=CCC1. The van der Waals surface area contributed by atoms with E-state index in [1.165, 1.54) is 22.3 Å². The quantitative estimate of drug-likeness (QED) is 0.655. The number of aliphatic hydroxyl groups excluding tert-OH is 1. The van der Waals surface area contributed by atoms with Gasteiger partial charge in [0.15, 0.2) is 0 Å². The van der Waals surface area contributed by atoms with E-state index in [9.17, 15) is 5.11 Å². The molecule has 0 spiro atoms. The Labute approximate surface area is 96.9 Å². The normalized spacial score (nSPS) is 37.9. The summed E-state index contributed by atoms with van der Waals surface area (Å²) in [6, 6.07) is 0. The third kappa shape index (κ3) is 1.60. The van der Waals surface area contributed by atoms with Crippen LogP contribution in [0.1, 0.15) is 38.5 Å². The summed E-state index contributed by atoms with van der Waals surface area (Å²) in [7, 11) is 0. The predicted molar refractivity (Wildman–Crippen MR) is 66.0 cm³/mol. The zero-order chi connectivity index (χ0) is 11.0. The highest BCUT2D eigenvalue weighted by Gasteiger charge is 2.28. The molecular formula is C15H18O. The van der Waals surface area contributed by atoms with Crippen molar-refractivity contribution in [3.8, 4) is 0 Å². The number of hydrogen-bond donors (Lipinski definition) is 1. The summed E-state index contributed by atoms with van der Waals surface area (Å²) in [5, 5.41) is 10.4. The van der Waals surface area contributed by atoms with Crippen LogP contribution in [0.4, 0.5) is 0 Å². The lowest BCUT2D eigenvalue weighted by molar-refractivity contribution is 0.253. The maximum Gasteiger partial charge on any atom is 0.0972 e. The average Bonchev–Trinajstić information content (AvgIpc) is 2.96. The van der Waals surface area contributed by atoms with E-state index in [4.69, 9.17) is 0 Å². The van der Waals surface area contributed by atoms with Crippen molar-refractivity contribution in [3.05, 3.63) is 46.6 Å². The Morgan fingerprint density at radius 1 is 0.812 bits per heavy atom. The summed E-state index contributed by atoms with van der Waals surface area (Å²) in [6.07, 6.45) is 15.2. The lowest BCUT2D eigenvalue weighted by Gasteiger charge is -2.11. The van der Waals surface area contributed by atoms with Crippen LogP contribution >= 0.6 is 0 Å². The minimum absolute atomic E-state index is 0.282. The monoisotopic (exact) mass is 214 g/mol. The van der Waals surface area contributed by atoms with Gasteiger partial charge < -0.3 is 5.11 Å². The Morgan fingerprint density at radius 2 is 1.31 bits per heavy atom. The Bertz CT molecular complexity index is 381. The molecule has 0 atom stereocenters. The van der Waals surface area contributed by atoms with Crippen molar-refractivity contribution in [1.82, 2.24) is 0 Å². The third-order valence-corrected chi connectivity index (χ3v) is 3.95. The fourth-order valence-electron chi connectivity index (χ4n) is 3.06. The van der Waals surface area contributed by atoms with Gasteiger partial charge in [0.2, 0.25) is 0 Å². The Morgan fingerprint density at radius 3 is 1.69 bits per heavy atom. The van der Waals surface area contributed by atoms with Crippen LogP contribution in [0.25, 0.3) is 0 Å². The molecule has 16 heavy (non-hydrogen) atoms. The van der Waals surface area contributed by atoms with Crippen molar-refractivity contribution in [2.24, 2.45) is 0 Å². The molecule has 3 aliphatic carbocycles. The van der Waals surface area contributed by atoms with Crippen LogP contribution in [0, 0.1) is 0 Å². The van der Waals surface area contributed by atoms with E-state index < -0.39 is 0 Å². The molecule has 0 aliphatic heterocycles. The predicted octanol–water partition coefficient (Wildman–Crippen LogP) is 3.43. The molecule has 0 unspecified atom stereocenters. The van der Waals surface area contributed by atoms with Crippen molar-refractivity contribution in [2.45, 2.75) is 44.6 Å². The lowest BCUT2D eigenvalue weighted by atomic mass is 10.0. The minimum atomic E-state index is -0.282. The molecule has 0 bridgehead atoms. The van der Waals surface area contributed by atoms with Crippen molar-refractivity contribution >= 4 is 0 Å².